The van der Waals surface area contributed by atoms with Crippen LogP contribution in [0.1, 0.15) is 21.5 Å². The van der Waals surface area contributed by atoms with Crippen LogP contribution < -0.4 is 15.8 Å². The SMILES string of the molecule is NS(=O)(=O)c1cccc(NC(=O)c2ccc(NC(=O)C(=Cc3ccc(F)cc3)c3ccc(-c4ccccc4)cc3)cc2)c1. The molecule has 0 saturated carbocycles. The number of nitrogens with one attached hydrogen (secondary N) is 2. The predicted molar refractivity (Wildman–Crippen MR) is 167 cm³/mol. The number of primary sulfonamides is 1. The molecule has 0 unspecified atom stereocenters. The van der Waals surface area contributed by atoms with Crippen LogP contribution in [0, 0.1) is 5.82 Å². The van der Waals surface area contributed by atoms with Gasteiger partial charge in [0.05, 0.1) is 4.90 Å². The van der Waals surface area contributed by atoms with Crippen LogP contribution in [0.2, 0.25) is 0 Å². The Bertz CT molecular complexity index is 1910. The van der Waals surface area contributed by atoms with Crippen molar-refractivity contribution >= 4 is 44.9 Å². The largest absolute Gasteiger partial charge is 0.322 e. The summed E-state index contributed by atoms with van der Waals surface area (Å²) in [6, 6.07) is 35.1. The van der Waals surface area contributed by atoms with Crippen LogP contribution in [-0.2, 0) is 14.8 Å². The minimum absolute atomic E-state index is 0.123. The van der Waals surface area contributed by atoms with Gasteiger partial charge in [-0.05, 0) is 82.9 Å². The van der Waals surface area contributed by atoms with Gasteiger partial charge in [-0.3, -0.25) is 9.59 Å². The molecule has 0 atom stereocenters. The highest BCUT2D eigenvalue weighted by Crippen LogP contribution is 2.26. The van der Waals surface area contributed by atoms with Gasteiger partial charge in [-0.15, -0.1) is 0 Å². The Morgan fingerprint density at radius 2 is 1.28 bits per heavy atom. The molecule has 0 aromatic heterocycles. The van der Waals surface area contributed by atoms with E-state index >= 15 is 0 Å². The number of sulfonamides is 1. The first-order chi connectivity index (χ1) is 20.7. The summed E-state index contributed by atoms with van der Waals surface area (Å²) in [5, 5.41) is 10.7. The summed E-state index contributed by atoms with van der Waals surface area (Å²) in [5.74, 6) is -1.25. The average Bonchev–Trinajstić information content (AvgIpc) is 3.01. The molecule has 214 valence electrons. The molecule has 5 rings (SSSR count). The maximum absolute atomic E-state index is 13.5. The maximum Gasteiger partial charge on any atom is 0.256 e. The first kappa shape index (κ1) is 29.1. The zero-order valence-corrected chi connectivity index (χ0v) is 23.5. The van der Waals surface area contributed by atoms with Crippen molar-refractivity contribution in [2.24, 2.45) is 5.14 Å². The predicted octanol–water partition coefficient (Wildman–Crippen LogP) is 6.57. The lowest BCUT2D eigenvalue weighted by molar-refractivity contribution is -0.111. The number of carbonyl (C=O) groups is 2. The fourth-order valence-corrected chi connectivity index (χ4v) is 4.90. The van der Waals surface area contributed by atoms with Gasteiger partial charge in [-0.1, -0.05) is 72.8 Å². The minimum Gasteiger partial charge on any atom is -0.322 e. The highest BCUT2D eigenvalue weighted by molar-refractivity contribution is 7.89. The van der Waals surface area contributed by atoms with Crippen molar-refractivity contribution < 1.29 is 22.4 Å². The highest BCUT2D eigenvalue weighted by atomic mass is 32.2. The molecule has 0 aliphatic heterocycles. The summed E-state index contributed by atoms with van der Waals surface area (Å²) in [7, 11) is -3.92. The van der Waals surface area contributed by atoms with Gasteiger partial charge in [0.2, 0.25) is 10.0 Å². The summed E-state index contributed by atoms with van der Waals surface area (Å²) < 4.78 is 36.7. The van der Waals surface area contributed by atoms with Gasteiger partial charge in [0, 0.05) is 22.5 Å². The number of nitrogens with two attached hydrogens (primary N) is 1. The van der Waals surface area contributed by atoms with Gasteiger partial charge in [0.1, 0.15) is 5.82 Å². The smallest absolute Gasteiger partial charge is 0.256 e. The maximum atomic E-state index is 13.5. The first-order valence-corrected chi connectivity index (χ1v) is 14.7. The quantitative estimate of drug-likeness (QED) is 0.140. The van der Waals surface area contributed by atoms with Crippen LogP contribution in [-0.4, -0.2) is 20.2 Å². The van der Waals surface area contributed by atoms with E-state index in [1.54, 1.807) is 36.4 Å². The van der Waals surface area contributed by atoms with Crippen LogP contribution in [0.25, 0.3) is 22.8 Å². The second-order valence-electron chi connectivity index (χ2n) is 9.61. The summed E-state index contributed by atoms with van der Waals surface area (Å²) in [5.41, 5.74) is 4.73. The normalized spacial score (nSPS) is 11.5. The minimum atomic E-state index is -3.92. The summed E-state index contributed by atoms with van der Waals surface area (Å²) in [6.07, 6.45) is 1.68. The van der Waals surface area contributed by atoms with E-state index in [1.807, 2.05) is 54.6 Å². The standard InChI is InChI=1S/C34H26FN3O4S/c35-28-17-9-23(10-18-28)21-32(26-13-11-25(12-14-26)24-5-2-1-3-6-24)34(40)37-29-19-15-27(16-20-29)33(39)38-30-7-4-8-31(22-30)43(36,41)42/h1-22H,(H,37,40)(H,38,39)(H2,36,41,42). The van der Waals surface area contributed by atoms with Gasteiger partial charge >= 0.3 is 0 Å². The summed E-state index contributed by atoms with van der Waals surface area (Å²) in [6.45, 7) is 0. The summed E-state index contributed by atoms with van der Waals surface area (Å²) in [4.78, 5) is 26.1. The Kier molecular flexibility index (Phi) is 8.56. The van der Waals surface area contributed by atoms with E-state index in [-0.39, 0.29) is 22.0 Å². The van der Waals surface area contributed by atoms with Crippen molar-refractivity contribution in [1.29, 1.82) is 0 Å². The van der Waals surface area contributed by atoms with Crippen LogP contribution in [0.5, 0.6) is 0 Å². The number of carbonyl (C=O) groups excluding carboxylic acids is 2. The average molecular weight is 592 g/mol. The molecule has 0 spiro atoms. The second kappa shape index (κ2) is 12.6. The van der Waals surface area contributed by atoms with Crippen LogP contribution >= 0.6 is 0 Å². The number of rotatable bonds is 8. The Hall–Kier alpha value is -5.38. The fourth-order valence-electron chi connectivity index (χ4n) is 4.34. The molecule has 0 aliphatic carbocycles. The van der Waals surface area contributed by atoms with Crippen LogP contribution in [0.4, 0.5) is 15.8 Å². The van der Waals surface area contributed by atoms with E-state index < -0.39 is 21.8 Å². The second-order valence-corrected chi connectivity index (χ2v) is 11.2. The van der Waals surface area contributed by atoms with Crippen molar-refractivity contribution in [3.8, 4) is 11.1 Å². The Morgan fingerprint density at radius 1 is 0.651 bits per heavy atom. The lowest BCUT2D eigenvalue weighted by Gasteiger charge is -2.12. The molecule has 4 N–H and O–H groups in total. The monoisotopic (exact) mass is 591 g/mol. The number of anilines is 2. The molecule has 5 aromatic carbocycles. The van der Waals surface area contributed by atoms with Gasteiger partial charge in [-0.25, -0.2) is 17.9 Å². The van der Waals surface area contributed by atoms with Crippen molar-refractivity contribution in [3.05, 3.63) is 150 Å². The molecular weight excluding hydrogens is 565 g/mol. The van der Waals surface area contributed by atoms with E-state index in [0.29, 0.717) is 22.4 Å². The zero-order valence-electron chi connectivity index (χ0n) is 22.7. The topological polar surface area (TPSA) is 118 Å². The molecule has 9 heteroatoms. The van der Waals surface area contributed by atoms with E-state index in [2.05, 4.69) is 10.6 Å². The van der Waals surface area contributed by atoms with Gasteiger partial charge in [-0.2, -0.15) is 0 Å². The van der Waals surface area contributed by atoms with Crippen LogP contribution in [0.3, 0.4) is 0 Å². The molecule has 5 aromatic rings. The van der Waals surface area contributed by atoms with Gasteiger partial charge < -0.3 is 10.6 Å². The molecule has 7 nitrogen and oxygen atoms in total. The Morgan fingerprint density at radius 3 is 1.93 bits per heavy atom. The lowest BCUT2D eigenvalue weighted by atomic mass is 9.98. The lowest BCUT2D eigenvalue weighted by Crippen LogP contribution is -2.15. The third-order valence-electron chi connectivity index (χ3n) is 6.55. The molecule has 0 bridgehead atoms. The van der Waals surface area contributed by atoms with Gasteiger partial charge in [0.25, 0.3) is 11.8 Å². The molecular formula is C34H26FN3O4S. The third kappa shape index (κ3) is 7.48. The molecule has 0 fully saturated rings. The molecule has 0 radical (unpaired) electrons. The molecule has 0 saturated heterocycles. The van der Waals surface area contributed by atoms with E-state index in [0.717, 1.165) is 11.1 Å². The van der Waals surface area contributed by atoms with Crippen LogP contribution in [0.15, 0.2) is 132 Å². The van der Waals surface area contributed by atoms with Crippen molar-refractivity contribution in [2.45, 2.75) is 4.90 Å². The fraction of sp³-hybridized carbons (Fsp3) is 0. The number of halogens is 1. The van der Waals surface area contributed by atoms with E-state index in [9.17, 15) is 22.4 Å². The molecule has 43 heavy (non-hydrogen) atoms. The Labute approximate surface area is 248 Å². The number of benzene rings is 5. The van der Waals surface area contributed by atoms with E-state index in [1.165, 1.54) is 42.5 Å². The Balaban J connectivity index is 1.35. The van der Waals surface area contributed by atoms with Crippen molar-refractivity contribution in [3.63, 3.8) is 0 Å². The third-order valence-corrected chi connectivity index (χ3v) is 7.47. The van der Waals surface area contributed by atoms with E-state index in [4.69, 9.17) is 5.14 Å². The number of amides is 2. The molecule has 2 amide bonds. The number of hydrogen-bond acceptors (Lipinski definition) is 4. The first-order valence-electron chi connectivity index (χ1n) is 13.1. The zero-order chi connectivity index (χ0) is 30.4. The number of hydrogen-bond donors (Lipinski definition) is 3. The molecule has 0 aliphatic rings. The van der Waals surface area contributed by atoms with Crippen molar-refractivity contribution in [1.82, 2.24) is 0 Å². The van der Waals surface area contributed by atoms with Crippen molar-refractivity contribution in [2.75, 3.05) is 10.6 Å². The summed E-state index contributed by atoms with van der Waals surface area (Å²) >= 11 is 0. The van der Waals surface area contributed by atoms with Gasteiger partial charge in [0.15, 0.2) is 0 Å². The highest BCUT2D eigenvalue weighted by Gasteiger charge is 2.15. The molecule has 0 heterocycles.